The molecule has 1 atom stereocenters. The van der Waals surface area contributed by atoms with Crippen LogP contribution < -0.4 is 10.6 Å². The van der Waals surface area contributed by atoms with E-state index in [1.54, 1.807) is 0 Å². The van der Waals surface area contributed by atoms with Crippen molar-refractivity contribution in [1.82, 2.24) is 15.3 Å². The minimum Gasteiger partial charge on any atom is -0.316 e. The highest BCUT2D eigenvalue weighted by Crippen LogP contribution is 2.31. The van der Waals surface area contributed by atoms with Crippen LogP contribution in [-0.4, -0.2) is 29.0 Å². The molecule has 1 saturated heterocycles. The predicted octanol–water partition coefficient (Wildman–Crippen LogP) is 2.50. The van der Waals surface area contributed by atoms with Crippen molar-refractivity contribution in [3.05, 3.63) is 16.5 Å². The largest absolute Gasteiger partial charge is 0.316 e. The summed E-state index contributed by atoms with van der Waals surface area (Å²) in [6.45, 7) is 3.66. The van der Waals surface area contributed by atoms with Crippen molar-refractivity contribution >= 4 is 34.9 Å². The predicted molar refractivity (Wildman–Crippen MR) is 75.5 cm³/mol. The molecule has 0 bridgehead atoms. The third kappa shape index (κ3) is 3.35. The van der Waals surface area contributed by atoms with Gasteiger partial charge in [-0.25, -0.2) is 9.97 Å². The molecule has 2 heterocycles. The average Bonchev–Trinajstić information content (AvgIpc) is 2.38. The Hall–Kier alpha value is -0.910. The molecule has 0 saturated carbocycles. The van der Waals surface area contributed by atoms with Gasteiger partial charge in [0.05, 0.1) is 5.41 Å². The molecule has 0 aliphatic carbocycles. The molecule has 1 aliphatic heterocycles. The first kappa shape index (κ1) is 14.5. The van der Waals surface area contributed by atoms with Crippen LogP contribution in [0.5, 0.6) is 0 Å². The van der Waals surface area contributed by atoms with Crippen LogP contribution >= 0.6 is 23.2 Å². The van der Waals surface area contributed by atoms with Crippen LogP contribution in [0.4, 0.5) is 5.82 Å². The standard InChI is InChI=1S/C12H16Cl2N4O/c1-2-12(4-3-5-15-7-12)10(19)17-9-6-8(13)16-11(14)18-9/h6,15H,2-5,7H2,1H3,(H,16,17,18,19). The molecule has 0 radical (unpaired) electrons. The van der Waals surface area contributed by atoms with Gasteiger partial charge in [0.2, 0.25) is 11.2 Å². The van der Waals surface area contributed by atoms with E-state index in [2.05, 4.69) is 20.6 Å². The molecule has 1 aromatic heterocycles. The van der Waals surface area contributed by atoms with E-state index in [4.69, 9.17) is 23.2 Å². The molecule has 2 rings (SSSR count). The second kappa shape index (κ2) is 6.03. The molecule has 1 aliphatic rings. The normalized spacial score (nSPS) is 23.1. The molecular formula is C12H16Cl2N4O. The molecular weight excluding hydrogens is 287 g/mol. The fourth-order valence-corrected chi connectivity index (χ4v) is 2.74. The summed E-state index contributed by atoms with van der Waals surface area (Å²) in [5.74, 6) is 0.293. The van der Waals surface area contributed by atoms with Gasteiger partial charge in [-0.3, -0.25) is 4.79 Å². The lowest BCUT2D eigenvalue weighted by molar-refractivity contribution is -0.126. The molecule has 1 amide bonds. The van der Waals surface area contributed by atoms with Crippen molar-refractivity contribution in [3.63, 3.8) is 0 Å². The van der Waals surface area contributed by atoms with Crippen molar-refractivity contribution in [1.29, 1.82) is 0 Å². The Morgan fingerprint density at radius 1 is 1.53 bits per heavy atom. The van der Waals surface area contributed by atoms with Gasteiger partial charge in [0.1, 0.15) is 11.0 Å². The maximum Gasteiger partial charge on any atom is 0.233 e. The monoisotopic (exact) mass is 302 g/mol. The minimum absolute atomic E-state index is 0.0233. The highest BCUT2D eigenvalue weighted by atomic mass is 35.5. The van der Waals surface area contributed by atoms with Crippen molar-refractivity contribution in [2.45, 2.75) is 26.2 Å². The molecule has 7 heteroatoms. The summed E-state index contributed by atoms with van der Waals surface area (Å²) in [6, 6.07) is 1.49. The molecule has 2 N–H and O–H groups in total. The summed E-state index contributed by atoms with van der Waals surface area (Å²) >= 11 is 11.5. The van der Waals surface area contributed by atoms with Gasteiger partial charge >= 0.3 is 0 Å². The number of carbonyl (C=O) groups excluding carboxylic acids is 1. The van der Waals surface area contributed by atoms with Crippen LogP contribution in [0.3, 0.4) is 0 Å². The first-order valence-electron chi connectivity index (χ1n) is 6.28. The number of aromatic nitrogens is 2. The summed E-state index contributed by atoms with van der Waals surface area (Å²) in [7, 11) is 0. The Labute approximate surface area is 122 Å². The van der Waals surface area contributed by atoms with E-state index in [-0.39, 0.29) is 21.8 Å². The second-order valence-electron chi connectivity index (χ2n) is 4.71. The fourth-order valence-electron chi connectivity index (χ4n) is 2.33. The number of halogens is 2. The van der Waals surface area contributed by atoms with Gasteiger partial charge in [0, 0.05) is 12.6 Å². The van der Waals surface area contributed by atoms with Gasteiger partial charge in [-0.1, -0.05) is 18.5 Å². The van der Waals surface area contributed by atoms with Gasteiger partial charge in [0.25, 0.3) is 0 Å². The highest BCUT2D eigenvalue weighted by Gasteiger charge is 2.38. The van der Waals surface area contributed by atoms with Gasteiger partial charge in [-0.2, -0.15) is 0 Å². The van der Waals surface area contributed by atoms with Gasteiger partial charge in [0.15, 0.2) is 0 Å². The number of rotatable bonds is 3. The van der Waals surface area contributed by atoms with Gasteiger partial charge in [-0.15, -0.1) is 0 Å². The molecule has 5 nitrogen and oxygen atoms in total. The Morgan fingerprint density at radius 3 is 2.89 bits per heavy atom. The Morgan fingerprint density at radius 2 is 2.32 bits per heavy atom. The summed E-state index contributed by atoms with van der Waals surface area (Å²) in [6.07, 6.45) is 2.64. The van der Waals surface area contributed by atoms with Crippen molar-refractivity contribution in [2.75, 3.05) is 18.4 Å². The smallest absolute Gasteiger partial charge is 0.233 e. The van der Waals surface area contributed by atoms with Gasteiger partial charge in [-0.05, 0) is 37.4 Å². The number of amides is 1. The number of nitrogens with zero attached hydrogens (tertiary/aromatic N) is 2. The third-order valence-electron chi connectivity index (χ3n) is 3.54. The zero-order valence-corrected chi connectivity index (χ0v) is 12.2. The van der Waals surface area contributed by atoms with Crippen LogP contribution in [0.15, 0.2) is 6.07 Å². The van der Waals surface area contributed by atoms with E-state index in [1.807, 2.05) is 6.92 Å². The van der Waals surface area contributed by atoms with E-state index < -0.39 is 0 Å². The topological polar surface area (TPSA) is 66.9 Å². The quantitative estimate of drug-likeness (QED) is 0.665. The van der Waals surface area contributed by atoms with Crippen LogP contribution in [0, 0.1) is 5.41 Å². The zero-order valence-electron chi connectivity index (χ0n) is 10.7. The maximum atomic E-state index is 12.4. The van der Waals surface area contributed by atoms with E-state index in [0.29, 0.717) is 12.4 Å². The Bertz CT molecular complexity index is 455. The van der Waals surface area contributed by atoms with Crippen LogP contribution in [0.1, 0.15) is 26.2 Å². The number of hydrogen-bond acceptors (Lipinski definition) is 4. The van der Waals surface area contributed by atoms with Crippen molar-refractivity contribution < 1.29 is 4.79 Å². The number of carbonyl (C=O) groups is 1. The van der Waals surface area contributed by atoms with E-state index in [1.165, 1.54) is 6.07 Å². The zero-order chi connectivity index (χ0) is 13.9. The molecule has 0 aromatic carbocycles. The third-order valence-corrected chi connectivity index (χ3v) is 3.90. The molecule has 104 valence electrons. The molecule has 1 fully saturated rings. The maximum absolute atomic E-state index is 12.4. The number of nitrogens with one attached hydrogen (secondary N) is 2. The first-order chi connectivity index (χ1) is 9.05. The van der Waals surface area contributed by atoms with E-state index in [9.17, 15) is 4.79 Å². The van der Waals surface area contributed by atoms with Crippen LogP contribution in [0.2, 0.25) is 10.4 Å². The van der Waals surface area contributed by atoms with E-state index >= 15 is 0 Å². The van der Waals surface area contributed by atoms with Crippen LogP contribution in [0.25, 0.3) is 0 Å². The second-order valence-corrected chi connectivity index (χ2v) is 5.44. The summed E-state index contributed by atoms with van der Waals surface area (Å²) in [5, 5.41) is 6.29. The highest BCUT2D eigenvalue weighted by molar-refractivity contribution is 6.32. The van der Waals surface area contributed by atoms with Crippen molar-refractivity contribution in [2.24, 2.45) is 5.41 Å². The lowest BCUT2D eigenvalue weighted by Gasteiger charge is -2.35. The number of piperidine rings is 1. The van der Waals surface area contributed by atoms with Crippen molar-refractivity contribution in [3.8, 4) is 0 Å². The molecule has 1 aromatic rings. The lowest BCUT2D eigenvalue weighted by Crippen LogP contribution is -2.47. The number of anilines is 1. The first-order valence-corrected chi connectivity index (χ1v) is 7.03. The van der Waals surface area contributed by atoms with Crippen LogP contribution in [-0.2, 0) is 4.79 Å². The van der Waals surface area contributed by atoms with Gasteiger partial charge < -0.3 is 10.6 Å². The SMILES string of the molecule is CCC1(C(=O)Nc2cc(Cl)nc(Cl)n2)CCCNC1. The summed E-state index contributed by atoms with van der Waals surface area (Å²) in [4.78, 5) is 20.1. The number of hydrogen-bond donors (Lipinski definition) is 2. The average molecular weight is 303 g/mol. The molecule has 19 heavy (non-hydrogen) atoms. The molecule has 0 spiro atoms. The summed E-state index contributed by atoms with van der Waals surface area (Å²) < 4.78 is 0. The lowest BCUT2D eigenvalue weighted by atomic mass is 9.77. The Kier molecular flexibility index (Phi) is 4.60. The Balaban J connectivity index is 2.14. The minimum atomic E-state index is -0.387. The molecule has 1 unspecified atom stereocenters. The summed E-state index contributed by atoms with van der Waals surface area (Å²) in [5.41, 5.74) is -0.387. The van der Waals surface area contributed by atoms with E-state index in [0.717, 1.165) is 25.8 Å². The fraction of sp³-hybridized carbons (Fsp3) is 0.583.